The van der Waals surface area contributed by atoms with Gasteiger partial charge in [0, 0.05) is 30.0 Å². The topological polar surface area (TPSA) is 105 Å². The van der Waals surface area contributed by atoms with Crippen LogP contribution in [0.15, 0.2) is 29.2 Å². The van der Waals surface area contributed by atoms with Crippen molar-refractivity contribution in [3.8, 4) is 0 Å². The van der Waals surface area contributed by atoms with E-state index in [9.17, 15) is 19.5 Å². The molecule has 8 heteroatoms. The third-order valence-electron chi connectivity index (χ3n) is 4.09. The van der Waals surface area contributed by atoms with Gasteiger partial charge in [0.1, 0.15) is 6.04 Å². The molecule has 0 aromatic heterocycles. The van der Waals surface area contributed by atoms with Crippen LogP contribution in [0.1, 0.15) is 26.7 Å². The molecular formula is C18H24N2O5S. The zero-order valence-electron chi connectivity index (χ0n) is 14.9. The Balaban J connectivity index is 1.92. The Hall–Kier alpha value is -2.06. The highest BCUT2D eigenvalue weighted by molar-refractivity contribution is 8.00. The Morgan fingerprint density at radius 1 is 1.27 bits per heavy atom. The van der Waals surface area contributed by atoms with Gasteiger partial charge in [-0.2, -0.15) is 0 Å². The summed E-state index contributed by atoms with van der Waals surface area (Å²) >= 11 is 1.33. The van der Waals surface area contributed by atoms with Crippen LogP contribution >= 0.6 is 11.8 Å². The summed E-state index contributed by atoms with van der Waals surface area (Å²) in [6, 6.07) is 6.20. The predicted molar refractivity (Wildman–Crippen MR) is 99.2 cm³/mol. The molecule has 0 radical (unpaired) electrons. The first kappa shape index (κ1) is 20.3. The van der Waals surface area contributed by atoms with Gasteiger partial charge in [0.15, 0.2) is 0 Å². The van der Waals surface area contributed by atoms with Crippen LogP contribution in [0.25, 0.3) is 0 Å². The Morgan fingerprint density at radius 3 is 2.50 bits per heavy atom. The maximum Gasteiger partial charge on any atom is 0.326 e. The lowest BCUT2D eigenvalue weighted by molar-refractivity contribution is -0.145. The summed E-state index contributed by atoms with van der Waals surface area (Å²) in [4.78, 5) is 35.8. The molecule has 1 heterocycles. The van der Waals surface area contributed by atoms with Gasteiger partial charge in [0.05, 0.1) is 11.9 Å². The van der Waals surface area contributed by atoms with E-state index in [1.807, 2.05) is 12.1 Å². The smallest absolute Gasteiger partial charge is 0.326 e. The standard InChI is InChI=1S/C18H24N2O5S/c1-11(26-15-7-5-14(6-8-15)19-12(2)21)17(22)20-16(18(23)24)13-4-3-9-25-10-13/h5-8,11,13,16H,3-4,9-10H2,1-2H3,(H,19,21)(H,20,22)(H,23,24). The number of hydrogen-bond acceptors (Lipinski definition) is 5. The molecule has 3 N–H and O–H groups in total. The van der Waals surface area contributed by atoms with Crippen LogP contribution in [0.3, 0.4) is 0 Å². The van der Waals surface area contributed by atoms with Crippen molar-refractivity contribution < 1.29 is 24.2 Å². The lowest BCUT2D eigenvalue weighted by Gasteiger charge is -2.28. The molecule has 1 aliphatic rings. The van der Waals surface area contributed by atoms with Crippen molar-refractivity contribution in [2.45, 2.75) is 42.9 Å². The van der Waals surface area contributed by atoms with E-state index >= 15 is 0 Å². The highest BCUT2D eigenvalue weighted by Gasteiger charge is 2.32. The second-order valence-corrected chi connectivity index (χ2v) is 7.68. The Labute approximate surface area is 156 Å². The van der Waals surface area contributed by atoms with E-state index in [1.165, 1.54) is 18.7 Å². The van der Waals surface area contributed by atoms with E-state index in [2.05, 4.69) is 10.6 Å². The molecule has 26 heavy (non-hydrogen) atoms. The maximum atomic E-state index is 12.4. The highest BCUT2D eigenvalue weighted by Crippen LogP contribution is 2.25. The van der Waals surface area contributed by atoms with Crippen molar-refractivity contribution in [2.24, 2.45) is 5.92 Å². The van der Waals surface area contributed by atoms with E-state index in [-0.39, 0.29) is 17.7 Å². The molecule has 142 valence electrons. The minimum atomic E-state index is -1.04. The minimum absolute atomic E-state index is 0.149. The number of anilines is 1. The van der Waals surface area contributed by atoms with Crippen LogP contribution < -0.4 is 10.6 Å². The third kappa shape index (κ3) is 6.03. The van der Waals surface area contributed by atoms with Crippen molar-refractivity contribution in [1.29, 1.82) is 0 Å². The molecular weight excluding hydrogens is 356 g/mol. The number of nitrogens with one attached hydrogen (secondary N) is 2. The Morgan fingerprint density at radius 2 is 1.96 bits per heavy atom. The van der Waals surface area contributed by atoms with Gasteiger partial charge in [0.25, 0.3) is 0 Å². The first-order chi connectivity index (χ1) is 12.4. The molecule has 0 aliphatic carbocycles. The van der Waals surface area contributed by atoms with E-state index in [4.69, 9.17) is 4.74 Å². The van der Waals surface area contributed by atoms with Crippen molar-refractivity contribution >= 4 is 35.2 Å². The normalized spacial score (nSPS) is 19.2. The van der Waals surface area contributed by atoms with Crippen LogP contribution in [0.4, 0.5) is 5.69 Å². The van der Waals surface area contributed by atoms with E-state index < -0.39 is 17.3 Å². The van der Waals surface area contributed by atoms with Gasteiger partial charge >= 0.3 is 5.97 Å². The van der Waals surface area contributed by atoms with Gasteiger partial charge in [-0.25, -0.2) is 4.79 Å². The fourth-order valence-corrected chi connectivity index (χ4v) is 3.63. The van der Waals surface area contributed by atoms with Gasteiger partial charge in [0.2, 0.25) is 11.8 Å². The Kier molecular flexibility index (Phi) is 7.47. The van der Waals surface area contributed by atoms with Crippen molar-refractivity contribution in [2.75, 3.05) is 18.5 Å². The largest absolute Gasteiger partial charge is 0.480 e. The van der Waals surface area contributed by atoms with Crippen LogP contribution in [-0.2, 0) is 19.1 Å². The maximum absolute atomic E-state index is 12.4. The number of rotatable bonds is 7. The molecule has 0 bridgehead atoms. The Bertz CT molecular complexity index is 643. The number of benzene rings is 1. The van der Waals surface area contributed by atoms with Crippen LogP contribution in [0.2, 0.25) is 0 Å². The van der Waals surface area contributed by atoms with E-state index in [0.717, 1.165) is 17.7 Å². The van der Waals surface area contributed by atoms with Crippen molar-refractivity contribution in [3.05, 3.63) is 24.3 Å². The summed E-state index contributed by atoms with van der Waals surface area (Å²) in [6.45, 7) is 4.16. The van der Waals surface area contributed by atoms with Crippen LogP contribution in [0.5, 0.6) is 0 Å². The molecule has 1 fully saturated rings. The second-order valence-electron chi connectivity index (χ2n) is 6.27. The highest BCUT2D eigenvalue weighted by atomic mass is 32.2. The third-order valence-corrected chi connectivity index (χ3v) is 5.20. The van der Waals surface area contributed by atoms with Gasteiger partial charge < -0.3 is 20.5 Å². The predicted octanol–water partition coefficient (Wildman–Crippen LogP) is 2.12. The fraction of sp³-hybridized carbons (Fsp3) is 0.500. The zero-order valence-corrected chi connectivity index (χ0v) is 15.7. The zero-order chi connectivity index (χ0) is 19.1. The number of hydrogen-bond donors (Lipinski definition) is 3. The molecule has 1 aromatic rings. The average Bonchev–Trinajstić information content (AvgIpc) is 2.61. The van der Waals surface area contributed by atoms with Gasteiger partial charge in [-0.15, -0.1) is 11.8 Å². The number of amides is 2. The lowest BCUT2D eigenvalue weighted by Crippen LogP contribution is -2.50. The molecule has 1 aliphatic heterocycles. The number of carbonyl (C=O) groups is 3. The molecule has 1 saturated heterocycles. The SMILES string of the molecule is CC(=O)Nc1ccc(SC(C)C(=O)NC(C(=O)O)C2CCCOC2)cc1. The van der Waals surface area contributed by atoms with Crippen molar-refractivity contribution in [1.82, 2.24) is 5.32 Å². The number of carboxylic acid groups (broad SMARTS) is 1. The van der Waals surface area contributed by atoms with E-state index in [0.29, 0.717) is 18.9 Å². The first-order valence-electron chi connectivity index (χ1n) is 8.52. The first-order valence-corrected chi connectivity index (χ1v) is 9.40. The fourth-order valence-electron chi connectivity index (χ4n) is 2.76. The summed E-state index contributed by atoms with van der Waals surface area (Å²) in [6.07, 6.45) is 1.53. The molecule has 1 aromatic carbocycles. The van der Waals surface area contributed by atoms with Crippen LogP contribution in [0, 0.1) is 5.92 Å². The van der Waals surface area contributed by atoms with Gasteiger partial charge in [-0.1, -0.05) is 0 Å². The number of aliphatic carboxylic acids is 1. The number of carboxylic acids is 1. The molecule has 7 nitrogen and oxygen atoms in total. The summed E-state index contributed by atoms with van der Waals surface area (Å²) in [5.41, 5.74) is 0.683. The summed E-state index contributed by atoms with van der Waals surface area (Å²) in [7, 11) is 0. The average molecular weight is 380 g/mol. The molecule has 0 saturated carbocycles. The lowest BCUT2D eigenvalue weighted by atomic mass is 9.93. The second kappa shape index (κ2) is 9.59. The van der Waals surface area contributed by atoms with E-state index in [1.54, 1.807) is 19.1 Å². The quantitative estimate of drug-likeness (QED) is 0.626. The van der Waals surface area contributed by atoms with Gasteiger partial charge in [-0.05, 0) is 44.0 Å². The number of thioether (sulfide) groups is 1. The summed E-state index contributed by atoms with van der Waals surface area (Å²) < 4.78 is 5.34. The monoisotopic (exact) mass is 380 g/mol. The molecule has 2 rings (SSSR count). The van der Waals surface area contributed by atoms with Crippen molar-refractivity contribution in [3.63, 3.8) is 0 Å². The molecule has 3 unspecified atom stereocenters. The molecule has 3 atom stereocenters. The molecule has 0 spiro atoms. The summed E-state index contributed by atoms with van der Waals surface area (Å²) in [5, 5.41) is 14.3. The minimum Gasteiger partial charge on any atom is -0.480 e. The van der Waals surface area contributed by atoms with Gasteiger partial charge in [-0.3, -0.25) is 9.59 Å². The summed E-state index contributed by atoms with van der Waals surface area (Å²) in [5.74, 6) is -1.71. The number of carbonyl (C=O) groups excluding carboxylic acids is 2. The molecule has 2 amide bonds. The van der Waals surface area contributed by atoms with Crippen LogP contribution in [-0.4, -0.2) is 47.4 Å². The number of ether oxygens (including phenoxy) is 1.